The fourth-order valence-corrected chi connectivity index (χ4v) is 1.99. The van der Waals surface area contributed by atoms with Crippen molar-refractivity contribution in [1.29, 1.82) is 5.26 Å². The number of hydrogen-bond donors (Lipinski definition) is 1. The van der Waals surface area contributed by atoms with Crippen molar-refractivity contribution in [2.75, 3.05) is 0 Å². The van der Waals surface area contributed by atoms with Crippen LogP contribution in [0.15, 0.2) is 28.4 Å². The molecule has 1 aromatic rings. The second kappa shape index (κ2) is 4.96. The van der Waals surface area contributed by atoms with Gasteiger partial charge in [0, 0.05) is 12.3 Å². The van der Waals surface area contributed by atoms with Gasteiger partial charge in [-0.1, -0.05) is 13.0 Å². The zero-order valence-corrected chi connectivity index (χ0v) is 10.0. The van der Waals surface area contributed by atoms with Gasteiger partial charge >= 0.3 is 0 Å². The third kappa shape index (κ3) is 2.23. The number of nitriles is 1. The third-order valence-electron chi connectivity index (χ3n) is 3.00. The first-order valence-electron chi connectivity index (χ1n) is 5.75. The van der Waals surface area contributed by atoms with Crippen molar-refractivity contribution in [3.8, 4) is 6.07 Å². The monoisotopic (exact) mass is 244 g/mol. The maximum Gasteiger partial charge on any atom is 0.140 e. The van der Waals surface area contributed by atoms with Crippen LogP contribution in [0.1, 0.15) is 30.9 Å². The Bertz CT molecular complexity index is 569. The molecule has 0 fully saturated rings. The van der Waals surface area contributed by atoms with Gasteiger partial charge in [0.15, 0.2) is 0 Å². The maximum absolute atomic E-state index is 13.3. The van der Waals surface area contributed by atoms with Crippen molar-refractivity contribution >= 4 is 11.5 Å². The van der Waals surface area contributed by atoms with Gasteiger partial charge in [0.25, 0.3) is 0 Å². The molecule has 0 radical (unpaired) electrons. The number of halogens is 1. The van der Waals surface area contributed by atoms with Crippen LogP contribution in [0, 0.1) is 23.1 Å². The van der Waals surface area contributed by atoms with E-state index < -0.39 is 5.82 Å². The van der Waals surface area contributed by atoms with Gasteiger partial charge in [-0.15, -0.1) is 5.10 Å². The van der Waals surface area contributed by atoms with E-state index in [4.69, 9.17) is 11.0 Å². The fraction of sp³-hybridized carbons (Fsp3) is 0.308. The molecule has 0 spiro atoms. The van der Waals surface area contributed by atoms with Gasteiger partial charge in [-0.3, -0.25) is 0 Å². The molecule has 1 aliphatic rings. The van der Waals surface area contributed by atoms with Crippen LogP contribution in [0.4, 0.5) is 4.39 Å². The van der Waals surface area contributed by atoms with E-state index in [1.165, 1.54) is 12.1 Å². The summed E-state index contributed by atoms with van der Waals surface area (Å²) in [5.41, 5.74) is 7.17. The molecule has 1 aromatic carbocycles. The highest BCUT2D eigenvalue weighted by atomic mass is 19.1. The predicted molar refractivity (Wildman–Crippen MR) is 67.7 cm³/mol. The van der Waals surface area contributed by atoms with Crippen molar-refractivity contribution in [1.82, 2.24) is 0 Å². The summed E-state index contributed by atoms with van der Waals surface area (Å²) in [5.74, 6) is 0.154. The first kappa shape index (κ1) is 12.2. The van der Waals surface area contributed by atoms with Crippen molar-refractivity contribution in [2.24, 2.45) is 21.9 Å². The lowest BCUT2D eigenvalue weighted by Crippen LogP contribution is -2.26. The minimum atomic E-state index is -0.520. The van der Waals surface area contributed by atoms with E-state index in [0.717, 1.165) is 17.7 Å². The Balaban J connectivity index is 2.45. The van der Waals surface area contributed by atoms with Crippen molar-refractivity contribution < 1.29 is 4.39 Å². The van der Waals surface area contributed by atoms with Crippen LogP contribution in [0.5, 0.6) is 0 Å². The summed E-state index contributed by atoms with van der Waals surface area (Å²) in [5, 5.41) is 16.8. The lowest BCUT2D eigenvalue weighted by Gasteiger charge is -2.20. The topological polar surface area (TPSA) is 74.5 Å². The van der Waals surface area contributed by atoms with Gasteiger partial charge < -0.3 is 5.73 Å². The standard InChI is InChI=1S/C13H13FN4/c1-2-8-6-12(16)17-18-13(8)9-3-4-11(14)10(5-9)7-15/h3-5,8H,2,6H2,1H3,(H2,16,17). The van der Waals surface area contributed by atoms with Crippen molar-refractivity contribution in [2.45, 2.75) is 19.8 Å². The number of nitrogens with zero attached hydrogens (tertiary/aromatic N) is 3. The molecule has 1 heterocycles. The van der Waals surface area contributed by atoms with E-state index in [1.807, 2.05) is 13.0 Å². The Labute approximate surface area is 105 Å². The van der Waals surface area contributed by atoms with Crippen LogP contribution in [0.3, 0.4) is 0 Å². The Morgan fingerprint density at radius 2 is 2.28 bits per heavy atom. The van der Waals surface area contributed by atoms with E-state index in [2.05, 4.69) is 10.2 Å². The summed E-state index contributed by atoms with van der Waals surface area (Å²) in [7, 11) is 0. The minimum absolute atomic E-state index is 0.0209. The number of amidine groups is 1. The SMILES string of the molecule is CCC1CC(N)=NN=C1c1ccc(F)c(C#N)c1. The Kier molecular flexibility index (Phi) is 3.38. The predicted octanol–water partition coefficient (Wildman–Crippen LogP) is 2.19. The van der Waals surface area contributed by atoms with E-state index >= 15 is 0 Å². The summed E-state index contributed by atoms with van der Waals surface area (Å²) < 4.78 is 13.3. The smallest absolute Gasteiger partial charge is 0.140 e. The fourth-order valence-electron chi connectivity index (χ4n) is 1.99. The van der Waals surface area contributed by atoms with Crippen LogP contribution >= 0.6 is 0 Å². The molecule has 92 valence electrons. The summed E-state index contributed by atoms with van der Waals surface area (Å²) in [6.07, 6.45) is 1.52. The first-order chi connectivity index (χ1) is 8.65. The van der Waals surface area contributed by atoms with Crippen LogP contribution < -0.4 is 5.73 Å². The molecule has 0 aromatic heterocycles. The zero-order chi connectivity index (χ0) is 13.1. The molecule has 0 aliphatic carbocycles. The van der Waals surface area contributed by atoms with Crippen LogP contribution in [0.2, 0.25) is 0 Å². The second-order valence-corrected chi connectivity index (χ2v) is 4.19. The molecule has 0 saturated carbocycles. The van der Waals surface area contributed by atoms with E-state index in [1.54, 1.807) is 6.07 Å². The summed E-state index contributed by atoms with van der Waals surface area (Å²) in [4.78, 5) is 0. The van der Waals surface area contributed by atoms with Gasteiger partial charge in [-0.25, -0.2) is 4.39 Å². The largest absolute Gasteiger partial charge is 0.386 e. The first-order valence-corrected chi connectivity index (χ1v) is 5.75. The highest BCUT2D eigenvalue weighted by Crippen LogP contribution is 2.22. The summed E-state index contributed by atoms with van der Waals surface area (Å²) in [6, 6.07) is 6.24. The van der Waals surface area contributed by atoms with Gasteiger partial charge in [0.1, 0.15) is 17.7 Å². The molecule has 1 unspecified atom stereocenters. The summed E-state index contributed by atoms with van der Waals surface area (Å²) >= 11 is 0. The molecular formula is C13H13FN4. The molecule has 1 atom stereocenters. The Morgan fingerprint density at radius 3 is 2.94 bits per heavy atom. The van der Waals surface area contributed by atoms with Crippen LogP contribution in [-0.2, 0) is 0 Å². The normalized spacial score (nSPS) is 18.8. The third-order valence-corrected chi connectivity index (χ3v) is 3.00. The number of hydrogen-bond acceptors (Lipinski definition) is 4. The van der Waals surface area contributed by atoms with Gasteiger partial charge in [-0.2, -0.15) is 10.4 Å². The zero-order valence-electron chi connectivity index (χ0n) is 10.0. The molecule has 1 aliphatic heterocycles. The highest BCUT2D eigenvalue weighted by molar-refractivity contribution is 6.06. The number of benzene rings is 1. The van der Waals surface area contributed by atoms with Gasteiger partial charge in [0.2, 0.25) is 0 Å². The van der Waals surface area contributed by atoms with E-state index in [-0.39, 0.29) is 11.5 Å². The molecule has 18 heavy (non-hydrogen) atoms. The number of nitrogens with two attached hydrogens (primary N) is 1. The quantitative estimate of drug-likeness (QED) is 0.865. The van der Waals surface area contributed by atoms with Crippen molar-refractivity contribution in [3.63, 3.8) is 0 Å². The summed E-state index contributed by atoms with van der Waals surface area (Å²) in [6.45, 7) is 2.04. The van der Waals surface area contributed by atoms with Crippen LogP contribution in [0.25, 0.3) is 0 Å². The van der Waals surface area contributed by atoms with Gasteiger partial charge in [0.05, 0.1) is 11.3 Å². The molecule has 2 rings (SSSR count). The molecule has 4 nitrogen and oxygen atoms in total. The lowest BCUT2D eigenvalue weighted by atomic mass is 9.90. The highest BCUT2D eigenvalue weighted by Gasteiger charge is 2.22. The van der Waals surface area contributed by atoms with Gasteiger partial charge in [-0.05, 0) is 24.1 Å². The maximum atomic E-state index is 13.3. The van der Waals surface area contributed by atoms with E-state index in [0.29, 0.717) is 12.3 Å². The Hall–Kier alpha value is -2.22. The molecule has 0 amide bonds. The van der Waals surface area contributed by atoms with Crippen LogP contribution in [-0.4, -0.2) is 11.5 Å². The lowest BCUT2D eigenvalue weighted by molar-refractivity contribution is 0.623. The second-order valence-electron chi connectivity index (χ2n) is 4.19. The minimum Gasteiger partial charge on any atom is -0.386 e. The molecule has 2 N–H and O–H groups in total. The van der Waals surface area contributed by atoms with Crippen molar-refractivity contribution in [3.05, 3.63) is 35.1 Å². The average molecular weight is 244 g/mol. The molecule has 0 saturated heterocycles. The molecule has 0 bridgehead atoms. The molecular weight excluding hydrogens is 231 g/mol. The Morgan fingerprint density at radius 1 is 1.50 bits per heavy atom. The van der Waals surface area contributed by atoms with E-state index in [9.17, 15) is 4.39 Å². The number of rotatable bonds is 2. The molecule has 5 heteroatoms. The average Bonchev–Trinajstić information content (AvgIpc) is 2.39.